The maximum Gasteiger partial charge on any atom is 0.0608 e. The second-order valence-corrected chi connectivity index (χ2v) is 10.5. The molecular formula is C30H42O2. The molecule has 0 aliphatic heterocycles. The van der Waals surface area contributed by atoms with Crippen molar-refractivity contribution in [1.82, 2.24) is 0 Å². The number of hydrogen-bond acceptors (Lipinski definition) is 2. The topological polar surface area (TPSA) is 40.5 Å². The molecule has 0 bridgehead atoms. The molecule has 0 saturated heterocycles. The van der Waals surface area contributed by atoms with Crippen LogP contribution in [-0.2, 0) is 0 Å². The van der Waals surface area contributed by atoms with Gasteiger partial charge in [-0.1, -0.05) is 86.8 Å². The van der Waals surface area contributed by atoms with E-state index in [0.717, 1.165) is 38.5 Å². The first-order valence-electron chi connectivity index (χ1n) is 13.1. The molecule has 0 heterocycles. The third-order valence-corrected chi connectivity index (χ3v) is 8.52. The van der Waals surface area contributed by atoms with Crippen LogP contribution in [0.15, 0.2) is 60.7 Å². The highest BCUT2D eigenvalue weighted by Crippen LogP contribution is 2.48. The molecule has 2 aliphatic rings. The molecule has 6 unspecified atom stereocenters. The molecule has 2 aromatic rings. The van der Waals surface area contributed by atoms with E-state index in [4.69, 9.17) is 0 Å². The Bertz CT molecular complexity index is 725. The fraction of sp³-hybridized carbons (Fsp3) is 0.600. The van der Waals surface area contributed by atoms with Crippen LogP contribution in [0.25, 0.3) is 0 Å². The third kappa shape index (κ3) is 5.64. The lowest BCUT2D eigenvalue weighted by Gasteiger charge is -2.44. The Morgan fingerprint density at radius 2 is 1.16 bits per heavy atom. The van der Waals surface area contributed by atoms with Gasteiger partial charge in [0.2, 0.25) is 0 Å². The molecule has 2 saturated carbocycles. The van der Waals surface area contributed by atoms with Crippen LogP contribution in [0.4, 0.5) is 0 Å². The average molecular weight is 435 g/mol. The molecule has 2 aliphatic carbocycles. The van der Waals surface area contributed by atoms with E-state index >= 15 is 0 Å². The SMILES string of the molecule is CCCCCC(C1CCC(O)C(c2ccccc2)C1)C1CCC(O)C(c2ccccc2)C1. The monoisotopic (exact) mass is 434 g/mol. The van der Waals surface area contributed by atoms with Crippen molar-refractivity contribution in [2.45, 2.75) is 95.2 Å². The predicted octanol–water partition coefficient (Wildman–Crippen LogP) is 7.07. The van der Waals surface area contributed by atoms with E-state index in [1.54, 1.807) is 0 Å². The Morgan fingerprint density at radius 1 is 0.688 bits per heavy atom. The van der Waals surface area contributed by atoms with Gasteiger partial charge in [-0.3, -0.25) is 0 Å². The summed E-state index contributed by atoms with van der Waals surface area (Å²) in [5.41, 5.74) is 2.61. The van der Waals surface area contributed by atoms with Crippen LogP contribution in [0.3, 0.4) is 0 Å². The number of unbranched alkanes of at least 4 members (excludes halogenated alkanes) is 2. The lowest BCUT2D eigenvalue weighted by atomic mass is 9.62. The molecule has 0 radical (unpaired) electrons. The van der Waals surface area contributed by atoms with Gasteiger partial charge in [0.25, 0.3) is 0 Å². The normalized spacial score (nSPS) is 31.8. The van der Waals surface area contributed by atoms with E-state index in [-0.39, 0.29) is 24.0 Å². The van der Waals surface area contributed by atoms with Crippen molar-refractivity contribution >= 4 is 0 Å². The molecule has 0 aromatic heterocycles. The van der Waals surface area contributed by atoms with Crippen molar-refractivity contribution in [3.05, 3.63) is 71.8 Å². The maximum absolute atomic E-state index is 10.8. The zero-order valence-electron chi connectivity index (χ0n) is 19.8. The summed E-state index contributed by atoms with van der Waals surface area (Å²) in [7, 11) is 0. The minimum atomic E-state index is -0.213. The lowest BCUT2D eigenvalue weighted by Crippen LogP contribution is -2.37. The molecule has 4 rings (SSSR count). The summed E-state index contributed by atoms with van der Waals surface area (Å²) in [6.45, 7) is 2.29. The fourth-order valence-electron chi connectivity index (χ4n) is 6.76. The van der Waals surface area contributed by atoms with Gasteiger partial charge in [0.1, 0.15) is 0 Å². The highest BCUT2D eigenvalue weighted by atomic mass is 16.3. The summed E-state index contributed by atoms with van der Waals surface area (Å²) in [5.74, 6) is 2.60. The first-order chi connectivity index (χ1) is 15.7. The first-order valence-corrected chi connectivity index (χ1v) is 13.1. The molecule has 2 heteroatoms. The van der Waals surface area contributed by atoms with Gasteiger partial charge in [0.05, 0.1) is 12.2 Å². The van der Waals surface area contributed by atoms with Gasteiger partial charge < -0.3 is 10.2 Å². The van der Waals surface area contributed by atoms with Crippen LogP contribution in [0.1, 0.15) is 94.1 Å². The van der Waals surface area contributed by atoms with Crippen molar-refractivity contribution in [3.63, 3.8) is 0 Å². The van der Waals surface area contributed by atoms with Crippen molar-refractivity contribution in [1.29, 1.82) is 0 Å². The smallest absolute Gasteiger partial charge is 0.0608 e. The zero-order chi connectivity index (χ0) is 22.3. The highest BCUT2D eigenvalue weighted by molar-refractivity contribution is 5.23. The van der Waals surface area contributed by atoms with Crippen LogP contribution in [-0.4, -0.2) is 22.4 Å². The van der Waals surface area contributed by atoms with Gasteiger partial charge in [-0.05, 0) is 73.8 Å². The van der Waals surface area contributed by atoms with Gasteiger partial charge in [0, 0.05) is 11.8 Å². The van der Waals surface area contributed by atoms with Gasteiger partial charge >= 0.3 is 0 Å². The minimum Gasteiger partial charge on any atom is -0.392 e. The maximum atomic E-state index is 10.8. The standard InChI is InChI=1S/C30H42O2/c1-2-3-6-15-26(24-16-18-29(31)27(20-24)22-11-7-4-8-12-22)25-17-19-30(32)28(21-25)23-13-9-5-10-14-23/h4-5,7-14,24-32H,2-3,6,15-21H2,1H3. The molecule has 0 amide bonds. The van der Waals surface area contributed by atoms with Crippen LogP contribution in [0.5, 0.6) is 0 Å². The summed E-state index contributed by atoms with van der Waals surface area (Å²) in [6, 6.07) is 21.4. The van der Waals surface area contributed by atoms with Crippen molar-refractivity contribution in [3.8, 4) is 0 Å². The van der Waals surface area contributed by atoms with Crippen LogP contribution < -0.4 is 0 Å². The van der Waals surface area contributed by atoms with Gasteiger partial charge in [-0.15, -0.1) is 0 Å². The molecule has 2 nitrogen and oxygen atoms in total. The van der Waals surface area contributed by atoms with Crippen LogP contribution >= 0.6 is 0 Å². The Balaban J connectivity index is 1.52. The molecule has 2 N–H and O–H groups in total. The van der Waals surface area contributed by atoms with E-state index in [2.05, 4.69) is 67.6 Å². The molecule has 2 aromatic carbocycles. The Hall–Kier alpha value is -1.64. The zero-order valence-corrected chi connectivity index (χ0v) is 19.8. The molecule has 174 valence electrons. The molecule has 0 spiro atoms. The number of rotatable bonds is 8. The fourth-order valence-corrected chi connectivity index (χ4v) is 6.76. The van der Waals surface area contributed by atoms with Crippen molar-refractivity contribution < 1.29 is 10.2 Å². The second-order valence-electron chi connectivity index (χ2n) is 10.5. The molecule has 6 atom stereocenters. The van der Waals surface area contributed by atoms with Crippen molar-refractivity contribution in [2.24, 2.45) is 17.8 Å². The van der Waals surface area contributed by atoms with E-state index in [1.807, 2.05) is 0 Å². The Morgan fingerprint density at radius 3 is 1.59 bits per heavy atom. The minimum absolute atomic E-state index is 0.213. The summed E-state index contributed by atoms with van der Waals surface area (Å²) in [5, 5.41) is 21.7. The summed E-state index contributed by atoms with van der Waals surface area (Å²) < 4.78 is 0. The average Bonchev–Trinajstić information content (AvgIpc) is 2.84. The van der Waals surface area contributed by atoms with Gasteiger partial charge in [-0.2, -0.15) is 0 Å². The van der Waals surface area contributed by atoms with Crippen LogP contribution in [0.2, 0.25) is 0 Å². The molecular weight excluding hydrogens is 392 g/mol. The number of aliphatic hydroxyl groups excluding tert-OH is 2. The largest absolute Gasteiger partial charge is 0.392 e. The Labute approximate surface area is 195 Å². The van der Waals surface area contributed by atoms with Crippen LogP contribution in [0, 0.1) is 17.8 Å². The summed E-state index contributed by atoms with van der Waals surface area (Å²) in [6.07, 6.45) is 11.1. The molecule has 32 heavy (non-hydrogen) atoms. The van der Waals surface area contributed by atoms with Crippen molar-refractivity contribution in [2.75, 3.05) is 0 Å². The first kappa shape index (κ1) is 23.5. The summed E-state index contributed by atoms with van der Waals surface area (Å²) in [4.78, 5) is 0. The third-order valence-electron chi connectivity index (χ3n) is 8.52. The highest BCUT2D eigenvalue weighted by Gasteiger charge is 2.40. The van der Waals surface area contributed by atoms with E-state index in [0.29, 0.717) is 17.8 Å². The molecule has 2 fully saturated rings. The quantitative estimate of drug-likeness (QED) is 0.436. The van der Waals surface area contributed by atoms with E-state index in [9.17, 15) is 10.2 Å². The predicted molar refractivity (Wildman–Crippen MR) is 133 cm³/mol. The van der Waals surface area contributed by atoms with Gasteiger partial charge in [0.15, 0.2) is 0 Å². The number of benzene rings is 2. The van der Waals surface area contributed by atoms with E-state index < -0.39 is 0 Å². The van der Waals surface area contributed by atoms with Gasteiger partial charge in [-0.25, -0.2) is 0 Å². The lowest BCUT2D eigenvalue weighted by molar-refractivity contribution is 0.0221. The second kappa shape index (κ2) is 11.5. The Kier molecular flexibility index (Phi) is 8.43. The van der Waals surface area contributed by atoms with E-state index in [1.165, 1.54) is 36.8 Å². The number of hydrogen-bond donors (Lipinski definition) is 2. The number of aliphatic hydroxyl groups is 2. The summed E-state index contributed by atoms with van der Waals surface area (Å²) >= 11 is 0.